The molecule has 8 unspecified atom stereocenters. The first-order valence-corrected chi connectivity index (χ1v) is 13.9. The van der Waals surface area contributed by atoms with Gasteiger partial charge in [-0.15, -0.1) is 0 Å². The zero-order valence-corrected chi connectivity index (χ0v) is 21.3. The van der Waals surface area contributed by atoms with Gasteiger partial charge in [0.2, 0.25) is 0 Å². The first-order chi connectivity index (χ1) is 16.5. The van der Waals surface area contributed by atoms with Crippen molar-refractivity contribution >= 4 is 0 Å². The molecule has 0 bridgehead atoms. The Kier molecular flexibility index (Phi) is 6.59. The molecule has 1 aromatic rings. The Morgan fingerprint density at radius 2 is 1.63 bits per heavy atom. The highest BCUT2D eigenvalue weighted by Crippen LogP contribution is 2.69. The SMILES string of the molecule is CC12CCC3C(CCC4C[C@@](O)(C(F)(F)F)CCC43C)C1CCC2CCC(F)Cc1ccccc1. The molecule has 4 aliphatic carbocycles. The number of hydrogen-bond acceptors (Lipinski definition) is 1. The molecular weight excluding hydrogens is 452 g/mol. The predicted octanol–water partition coefficient (Wildman–Crippen LogP) is 8.30. The molecule has 0 radical (unpaired) electrons. The van der Waals surface area contributed by atoms with E-state index < -0.39 is 17.9 Å². The summed E-state index contributed by atoms with van der Waals surface area (Å²) in [6.07, 6.45) is 3.24. The minimum atomic E-state index is -4.54. The van der Waals surface area contributed by atoms with E-state index in [1.165, 1.54) is 6.42 Å². The van der Waals surface area contributed by atoms with Crippen LogP contribution in [0.2, 0.25) is 0 Å². The quantitative estimate of drug-likeness (QED) is 0.408. The third kappa shape index (κ3) is 4.36. The Morgan fingerprint density at radius 1 is 0.914 bits per heavy atom. The van der Waals surface area contributed by atoms with E-state index >= 15 is 0 Å². The lowest BCUT2D eigenvalue weighted by atomic mass is 9.43. The second-order valence-electron chi connectivity index (χ2n) is 13.1. The number of fused-ring (bicyclic) bond motifs is 5. The number of aliphatic hydroxyl groups is 1. The molecule has 4 saturated carbocycles. The predicted molar refractivity (Wildman–Crippen MR) is 130 cm³/mol. The Hall–Kier alpha value is -1.10. The van der Waals surface area contributed by atoms with Crippen molar-refractivity contribution in [3.63, 3.8) is 0 Å². The first kappa shape index (κ1) is 25.5. The summed E-state index contributed by atoms with van der Waals surface area (Å²) in [7, 11) is 0. The van der Waals surface area contributed by atoms with E-state index in [0.717, 1.165) is 44.1 Å². The third-order valence-corrected chi connectivity index (χ3v) is 11.6. The van der Waals surface area contributed by atoms with Gasteiger partial charge in [0.25, 0.3) is 0 Å². The van der Waals surface area contributed by atoms with E-state index in [1.54, 1.807) is 0 Å². The summed E-state index contributed by atoms with van der Waals surface area (Å²) < 4.78 is 55.6. The van der Waals surface area contributed by atoms with Gasteiger partial charge in [-0.3, -0.25) is 0 Å². The molecule has 0 spiro atoms. The van der Waals surface area contributed by atoms with Gasteiger partial charge in [0.1, 0.15) is 6.17 Å². The number of rotatable bonds is 5. The fraction of sp³-hybridized carbons (Fsp3) is 0.800. The van der Waals surface area contributed by atoms with E-state index in [-0.39, 0.29) is 29.6 Å². The lowest BCUT2D eigenvalue weighted by Gasteiger charge is -2.62. The average Bonchev–Trinajstić information content (AvgIpc) is 3.14. The number of benzene rings is 1. The highest BCUT2D eigenvalue weighted by Gasteiger charge is 2.64. The average molecular weight is 495 g/mol. The summed E-state index contributed by atoms with van der Waals surface area (Å²) in [4.78, 5) is 0. The van der Waals surface area contributed by atoms with Crippen LogP contribution in [0.5, 0.6) is 0 Å². The summed E-state index contributed by atoms with van der Waals surface area (Å²) in [5.41, 5.74) is -1.31. The Bertz CT molecular complexity index is 886. The van der Waals surface area contributed by atoms with Gasteiger partial charge >= 0.3 is 6.18 Å². The Labute approximate surface area is 208 Å². The van der Waals surface area contributed by atoms with Gasteiger partial charge in [-0.2, -0.15) is 13.2 Å². The van der Waals surface area contributed by atoms with Crippen molar-refractivity contribution in [2.75, 3.05) is 0 Å². The largest absolute Gasteiger partial charge is 0.417 e. The monoisotopic (exact) mass is 494 g/mol. The van der Waals surface area contributed by atoms with Gasteiger partial charge in [-0.05, 0) is 117 Å². The third-order valence-electron chi connectivity index (χ3n) is 11.6. The van der Waals surface area contributed by atoms with E-state index in [0.29, 0.717) is 42.9 Å². The lowest BCUT2D eigenvalue weighted by Crippen LogP contribution is -2.59. The number of hydrogen-bond donors (Lipinski definition) is 1. The van der Waals surface area contributed by atoms with Crippen molar-refractivity contribution in [3.05, 3.63) is 35.9 Å². The van der Waals surface area contributed by atoms with Crippen LogP contribution in [0.1, 0.15) is 90.0 Å². The fourth-order valence-electron chi connectivity index (χ4n) is 9.44. The summed E-state index contributed by atoms with van der Waals surface area (Å²) in [6, 6.07) is 9.89. The molecule has 5 rings (SSSR count). The van der Waals surface area contributed by atoms with E-state index in [4.69, 9.17) is 0 Å². The summed E-state index contributed by atoms with van der Waals surface area (Å²) in [5.74, 6) is 2.15. The van der Waals surface area contributed by atoms with Gasteiger partial charge < -0.3 is 5.11 Å². The zero-order valence-electron chi connectivity index (χ0n) is 21.3. The molecule has 5 heteroatoms. The van der Waals surface area contributed by atoms with Crippen LogP contribution in [0.15, 0.2) is 30.3 Å². The van der Waals surface area contributed by atoms with E-state index in [2.05, 4.69) is 13.8 Å². The van der Waals surface area contributed by atoms with Crippen LogP contribution in [-0.2, 0) is 6.42 Å². The van der Waals surface area contributed by atoms with E-state index in [1.807, 2.05) is 30.3 Å². The number of alkyl halides is 4. The van der Waals surface area contributed by atoms with Gasteiger partial charge in [0, 0.05) is 6.42 Å². The molecule has 1 nitrogen and oxygen atoms in total. The normalized spacial score (nSPS) is 44.3. The molecule has 0 aromatic heterocycles. The molecule has 1 N–H and O–H groups in total. The molecule has 9 atom stereocenters. The van der Waals surface area contributed by atoms with Gasteiger partial charge in [-0.25, -0.2) is 4.39 Å². The van der Waals surface area contributed by atoms with Gasteiger partial charge in [-0.1, -0.05) is 44.2 Å². The standard InChI is InChI=1S/C30H42F4O/c1-27-15-14-26-24(12-9-22-19-29(35,30(32,33)34)17-16-28(22,26)2)25(27)13-10-21(27)8-11-23(31)18-20-6-4-3-5-7-20/h3-7,21-26,35H,8-19H2,1-2H3/t21?,22?,23?,24?,25?,26?,27?,28?,29-/m1/s1. The molecule has 1 aromatic carbocycles. The molecule has 0 aliphatic heterocycles. The topological polar surface area (TPSA) is 20.2 Å². The highest BCUT2D eigenvalue weighted by atomic mass is 19.4. The molecule has 196 valence electrons. The molecular formula is C30H42F4O. The molecule has 35 heavy (non-hydrogen) atoms. The van der Waals surface area contributed by atoms with E-state index in [9.17, 15) is 22.7 Å². The fourth-order valence-corrected chi connectivity index (χ4v) is 9.44. The molecule has 4 fully saturated rings. The van der Waals surface area contributed by atoms with Crippen molar-refractivity contribution in [2.45, 2.75) is 109 Å². The maximum Gasteiger partial charge on any atom is 0.417 e. The summed E-state index contributed by atoms with van der Waals surface area (Å²) >= 11 is 0. The van der Waals surface area contributed by atoms with Gasteiger partial charge in [0.05, 0.1) is 0 Å². The zero-order chi connectivity index (χ0) is 25.1. The molecule has 0 heterocycles. The lowest BCUT2D eigenvalue weighted by molar-refractivity contribution is -0.290. The van der Waals surface area contributed by atoms with Crippen molar-refractivity contribution < 1.29 is 22.7 Å². The maximum absolute atomic E-state index is 14.8. The van der Waals surface area contributed by atoms with Crippen molar-refractivity contribution in [1.82, 2.24) is 0 Å². The molecule has 0 saturated heterocycles. The second kappa shape index (κ2) is 9.03. The van der Waals surface area contributed by atoms with Crippen LogP contribution in [-0.4, -0.2) is 23.1 Å². The Balaban J connectivity index is 1.24. The molecule has 4 aliphatic rings. The van der Waals surface area contributed by atoms with Crippen molar-refractivity contribution in [1.29, 1.82) is 0 Å². The minimum Gasteiger partial charge on any atom is -0.380 e. The van der Waals surface area contributed by atoms with Crippen molar-refractivity contribution in [2.24, 2.45) is 40.4 Å². The minimum absolute atomic E-state index is 0.0454. The molecule has 0 amide bonds. The maximum atomic E-state index is 14.8. The number of halogens is 4. The van der Waals surface area contributed by atoms with Crippen molar-refractivity contribution in [3.8, 4) is 0 Å². The summed E-state index contributed by atoms with van der Waals surface area (Å²) in [5, 5.41) is 10.4. The van der Waals surface area contributed by atoms with Gasteiger partial charge in [0.15, 0.2) is 5.60 Å². The van der Waals surface area contributed by atoms with Crippen LogP contribution in [0.25, 0.3) is 0 Å². The van der Waals surface area contributed by atoms with Crippen LogP contribution in [0, 0.1) is 40.4 Å². The summed E-state index contributed by atoms with van der Waals surface area (Å²) in [6.45, 7) is 4.67. The first-order valence-electron chi connectivity index (χ1n) is 13.9. The van der Waals surface area contributed by atoms with Crippen LogP contribution < -0.4 is 0 Å². The van der Waals surface area contributed by atoms with Crippen LogP contribution >= 0.6 is 0 Å². The van der Waals surface area contributed by atoms with Crippen LogP contribution in [0.3, 0.4) is 0 Å². The van der Waals surface area contributed by atoms with Crippen LogP contribution in [0.4, 0.5) is 17.6 Å². The highest BCUT2D eigenvalue weighted by molar-refractivity contribution is 5.16. The smallest absolute Gasteiger partial charge is 0.380 e. The Morgan fingerprint density at radius 3 is 2.34 bits per heavy atom. The second-order valence-corrected chi connectivity index (χ2v) is 13.1.